The van der Waals surface area contributed by atoms with Gasteiger partial charge in [0.15, 0.2) is 0 Å². The third kappa shape index (κ3) is 2.00. The first kappa shape index (κ1) is 10.5. The molecule has 0 unspecified atom stereocenters. The second kappa shape index (κ2) is 4.57. The Labute approximate surface area is 81.3 Å². The van der Waals surface area contributed by atoms with Crippen LogP contribution in [0.4, 0.5) is 0 Å². The molecule has 76 valence electrons. The Kier molecular flexibility index (Phi) is 3.41. The van der Waals surface area contributed by atoms with Gasteiger partial charge in [0.05, 0.1) is 26.5 Å². The van der Waals surface area contributed by atoms with Gasteiger partial charge in [0.2, 0.25) is 5.88 Å². The van der Waals surface area contributed by atoms with Crippen LogP contribution < -0.4 is 4.74 Å². The van der Waals surface area contributed by atoms with Gasteiger partial charge in [0, 0.05) is 0 Å². The molecule has 1 aromatic rings. The maximum absolute atomic E-state index is 11.2. The fourth-order valence-corrected chi connectivity index (χ4v) is 0.988. The van der Waals surface area contributed by atoms with Crippen LogP contribution in [0.5, 0.6) is 5.88 Å². The third-order valence-corrected chi connectivity index (χ3v) is 1.68. The summed E-state index contributed by atoms with van der Waals surface area (Å²) in [5.41, 5.74) is 0.682. The van der Waals surface area contributed by atoms with E-state index in [0.717, 1.165) is 0 Å². The summed E-state index contributed by atoms with van der Waals surface area (Å²) >= 11 is 0. The number of carbonyl (C=O) groups excluding carboxylic acids is 1. The van der Waals surface area contributed by atoms with Gasteiger partial charge in [-0.3, -0.25) is 0 Å². The highest BCUT2D eigenvalue weighted by Crippen LogP contribution is 2.16. The summed E-state index contributed by atoms with van der Waals surface area (Å²) in [5.74, 6) is -0.359. The van der Waals surface area contributed by atoms with Crippen molar-refractivity contribution in [2.75, 3.05) is 14.2 Å². The number of rotatable bonds is 3. The molecule has 5 nitrogen and oxygen atoms in total. The lowest BCUT2D eigenvalue weighted by atomic mass is 10.2. The fraction of sp³-hybridized carbons (Fsp3) is 0.333. The van der Waals surface area contributed by atoms with Crippen LogP contribution in [0.1, 0.15) is 16.1 Å². The standard InChI is InChI=1S/C9H11NO4/c1-13-8-7(9(12)14-2)4-3-6(5-11)10-8/h3-4,11H,5H2,1-2H3. The highest BCUT2D eigenvalue weighted by Gasteiger charge is 2.14. The fourth-order valence-electron chi connectivity index (χ4n) is 0.988. The molecule has 0 spiro atoms. The maximum Gasteiger partial charge on any atom is 0.343 e. The number of carbonyl (C=O) groups is 1. The van der Waals surface area contributed by atoms with Gasteiger partial charge < -0.3 is 14.6 Å². The second-order valence-corrected chi connectivity index (χ2v) is 2.51. The topological polar surface area (TPSA) is 68.7 Å². The number of pyridine rings is 1. The summed E-state index contributed by atoms with van der Waals surface area (Å²) in [6, 6.07) is 3.04. The summed E-state index contributed by atoms with van der Waals surface area (Å²) in [4.78, 5) is 15.1. The van der Waals surface area contributed by atoms with Gasteiger partial charge in [-0.15, -0.1) is 0 Å². The monoisotopic (exact) mass is 197 g/mol. The van der Waals surface area contributed by atoms with Crippen LogP contribution in [0.15, 0.2) is 12.1 Å². The first-order valence-electron chi connectivity index (χ1n) is 3.96. The van der Waals surface area contributed by atoms with E-state index in [-0.39, 0.29) is 18.1 Å². The molecule has 1 N–H and O–H groups in total. The molecule has 0 saturated heterocycles. The van der Waals surface area contributed by atoms with E-state index in [1.54, 1.807) is 0 Å². The smallest absolute Gasteiger partial charge is 0.343 e. The lowest BCUT2D eigenvalue weighted by Gasteiger charge is -2.06. The number of ether oxygens (including phenoxy) is 2. The van der Waals surface area contributed by atoms with E-state index in [9.17, 15) is 4.79 Å². The Morgan fingerprint density at radius 1 is 1.50 bits per heavy atom. The number of hydrogen-bond acceptors (Lipinski definition) is 5. The summed E-state index contributed by atoms with van der Waals surface area (Å²) in [7, 11) is 2.68. The average Bonchev–Trinajstić information content (AvgIpc) is 2.27. The van der Waals surface area contributed by atoms with Crippen LogP contribution in [0.3, 0.4) is 0 Å². The molecule has 14 heavy (non-hydrogen) atoms. The minimum atomic E-state index is -0.515. The van der Waals surface area contributed by atoms with Crippen LogP contribution in [0.25, 0.3) is 0 Å². The van der Waals surface area contributed by atoms with E-state index in [0.29, 0.717) is 5.69 Å². The molecule has 0 atom stereocenters. The molecule has 0 aliphatic heterocycles. The molecule has 0 radical (unpaired) electrons. The summed E-state index contributed by atoms with van der Waals surface area (Å²) < 4.78 is 9.42. The molecule has 0 amide bonds. The van der Waals surface area contributed by atoms with Crippen molar-refractivity contribution in [1.82, 2.24) is 4.98 Å². The Bertz CT molecular complexity index is 338. The number of hydrogen-bond donors (Lipinski definition) is 1. The zero-order chi connectivity index (χ0) is 10.6. The Morgan fingerprint density at radius 3 is 2.71 bits per heavy atom. The number of aromatic nitrogens is 1. The van der Waals surface area contributed by atoms with Crippen molar-refractivity contribution >= 4 is 5.97 Å². The molecule has 0 fully saturated rings. The van der Waals surface area contributed by atoms with E-state index in [1.807, 2.05) is 0 Å². The molecule has 1 heterocycles. The second-order valence-electron chi connectivity index (χ2n) is 2.51. The Hall–Kier alpha value is -1.62. The van der Waals surface area contributed by atoms with Crippen molar-refractivity contribution in [3.63, 3.8) is 0 Å². The van der Waals surface area contributed by atoms with E-state index in [1.165, 1.54) is 26.4 Å². The summed E-state index contributed by atoms with van der Waals surface area (Å²) in [5, 5.41) is 8.81. The van der Waals surface area contributed by atoms with E-state index in [2.05, 4.69) is 9.72 Å². The zero-order valence-electron chi connectivity index (χ0n) is 7.98. The molecular formula is C9H11NO4. The van der Waals surface area contributed by atoms with Gasteiger partial charge in [0.1, 0.15) is 5.56 Å². The Balaban J connectivity index is 3.11. The number of esters is 1. The van der Waals surface area contributed by atoms with E-state index < -0.39 is 5.97 Å². The zero-order valence-corrected chi connectivity index (χ0v) is 7.98. The van der Waals surface area contributed by atoms with Crippen molar-refractivity contribution in [2.24, 2.45) is 0 Å². The van der Waals surface area contributed by atoms with Crippen LogP contribution in [0.2, 0.25) is 0 Å². The predicted octanol–water partition coefficient (Wildman–Crippen LogP) is 0.369. The lowest BCUT2D eigenvalue weighted by Crippen LogP contribution is -2.06. The molecule has 1 rings (SSSR count). The van der Waals surface area contributed by atoms with Gasteiger partial charge in [0.25, 0.3) is 0 Å². The molecule has 0 aliphatic carbocycles. The molecule has 0 aromatic carbocycles. The number of aliphatic hydroxyl groups excluding tert-OH is 1. The van der Waals surface area contributed by atoms with Crippen LogP contribution >= 0.6 is 0 Å². The number of nitrogens with zero attached hydrogens (tertiary/aromatic N) is 1. The first-order valence-corrected chi connectivity index (χ1v) is 3.96. The minimum absolute atomic E-state index is 0.156. The highest BCUT2D eigenvalue weighted by atomic mass is 16.5. The summed E-state index contributed by atoms with van der Waals surface area (Å²) in [6.07, 6.45) is 0. The quantitative estimate of drug-likeness (QED) is 0.709. The number of methoxy groups -OCH3 is 2. The van der Waals surface area contributed by atoms with Crippen molar-refractivity contribution < 1.29 is 19.4 Å². The van der Waals surface area contributed by atoms with Crippen molar-refractivity contribution in [3.8, 4) is 5.88 Å². The highest BCUT2D eigenvalue weighted by molar-refractivity contribution is 5.91. The van der Waals surface area contributed by atoms with Crippen molar-refractivity contribution in [3.05, 3.63) is 23.4 Å². The number of aliphatic hydroxyl groups is 1. The van der Waals surface area contributed by atoms with E-state index >= 15 is 0 Å². The summed E-state index contributed by atoms with van der Waals surface area (Å²) in [6.45, 7) is -0.197. The predicted molar refractivity (Wildman–Crippen MR) is 48.1 cm³/mol. The SMILES string of the molecule is COC(=O)c1ccc(CO)nc1OC. The van der Waals surface area contributed by atoms with Gasteiger partial charge >= 0.3 is 5.97 Å². The normalized spacial score (nSPS) is 9.64. The molecule has 5 heteroatoms. The van der Waals surface area contributed by atoms with E-state index in [4.69, 9.17) is 9.84 Å². The van der Waals surface area contributed by atoms with Gasteiger partial charge in [-0.1, -0.05) is 0 Å². The minimum Gasteiger partial charge on any atom is -0.480 e. The molecule has 1 aromatic heterocycles. The molecule has 0 aliphatic rings. The largest absolute Gasteiger partial charge is 0.480 e. The average molecular weight is 197 g/mol. The first-order chi connectivity index (χ1) is 6.72. The van der Waals surface area contributed by atoms with Crippen molar-refractivity contribution in [1.29, 1.82) is 0 Å². The maximum atomic E-state index is 11.2. The van der Waals surface area contributed by atoms with Crippen LogP contribution in [0, 0.1) is 0 Å². The van der Waals surface area contributed by atoms with Crippen LogP contribution in [-0.4, -0.2) is 30.3 Å². The van der Waals surface area contributed by atoms with Gasteiger partial charge in [-0.2, -0.15) is 0 Å². The third-order valence-electron chi connectivity index (χ3n) is 1.68. The molecule has 0 bridgehead atoms. The Morgan fingerprint density at radius 2 is 2.21 bits per heavy atom. The molecule has 0 saturated carbocycles. The van der Waals surface area contributed by atoms with Gasteiger partial charge in [-0.05, 0) is 12.1 Å². The van der Waals surface area contributed by atoms with Crippen molar-refractivity contribution in [2.45, 2.75) is 6.61 Å². The van der Waals surface area contributed by atoms with Crippen LogP contribution in [-0.2, 0) is 11.3 Å². The van der Waals surface area contributed by atoms with Gasteiger partial charge in [-0.25, -0.2) is 9.78 Å². The lowest BCUT2D eigenvalue weighted by molar-refractivity contribution is 0.0596. The molecular weight excluding hydrogens is 186 g/mol.